The van der Waals surface area contributed by atoms with Crippen molar-refractivity contribution in [1.82, 2.24) is 19.5 Å². The second-order valence-electron chi connectivity index (χ2n) is 11.7. The molecule has 0 radical (unpaired) electrons. The highest BCUT2D eigenvalue weighted by molar-refractivity contribution is 6.07. The summed E-state index contributed by atoms with van der Waals surface area (Å²) in [6, 6.07) is 41.8. The molecule has 8 aromatic rings. The SMILES string of the molecule is CC1(C)c2cccc(-c3cccc(-c4nc(-c5ccccc5)c5oc6ccccc6c5n4)c3)c2-n2c1nc1ccccc12. The number of hydrogen-bond acceptors (Lipinski definition) is 4. The van der Waals surface area contributed by atoms with E-state index in [0.717, 1.165) is 61.3 Å². The van der Waals surface area contributed by atoms with Crippen molar-refractivity contribution in [3.63, 3.8) is 0 Å². The Morgan fingerprint density at radius 2 is 1.40 bits per heavy atom. The molecule has 5 nitrogen and oxygen atoms in total. The maximum Gasteiger partial charge on any atom is 0.180 e. The van der Waals surface area contributed by atoms with Gasteiger partial charge in [0.1, 0.15) is 22.6 Å². The zero-order valence-corrected chi connectivity index (χ0v) is 23.7. The summed E-state index contributed by atoms with van der Waals surface area (Å²) in [6.45, 7) is 4.53. The number of hydrogen-bond donors (Lipinski definition) is 0. The molecule has 204 valence electrons. The summed E-state index contributed by atoms with van der Waals surface area (Å²) >= 11 is 0. The number of fused-ring (bicyclic) bond motifs is 8. The lowest BCUT2D eigenvalue weighted by Gasteiger charge is -2.18. The Balaban J connectivity index is 1.27. The van der Waals surface area contributed by atoms with E-state index < -0.39 is 0 Å². The Labute approximate surface area is 248 Å². The highest BCUT2D eigenvalue weighted by atomic mass is 16.3. The van der Waals surface area contributed by atoms with E-state index in [9.17, 15) is 0 Å². The molecule has 0 atom stereocenters. The number of rotatable bonds is 3. The van der Waals surface area contributed by atoms with Crippen LogP contribution in [-0.4, -0.2) is 19.5 Å². The Hall–Kier alpha value is -5.55. The van der Waals surface area contributed by atoms with Crippen LogP contribution in [0.15, 0.2) is 126 Å². The van der Waals surface area contributed by atoms with Gasteiger partial charge in [-0.1, -0.05) is 91.0 Å². The predicted octanol–water partition coefficient (Wildman–Crippen LogP) is 9.36. The number of benzene rings is 5. The molecule has 0 spiro atoms. The molecular weight excluding hydrogens is 528 g/mol. The third kappa shape index (κ3) is 3.42. The smallest absolute Gasteiger partial charge is 0.180 e. The largest absolute Gasteiger partial charge is 0.452 e. The van der Waals surface area contributed by atoms with Crippen molar-refractivity contribution >= 4 is 33.1 Å². The Morgan fingerprint density at radius 1 is 0.651 bits per heavy atom. The van der Waals surface area contributed by atoms with E-state index in [1.165, 1.54) is 11.3 Å². The minimum absolute atomic E-state index is 0.219. The molecule has 1 aliphatic heterocycles. The topological polar surface area (TPSA) is 56.7 Å². The molecule has 0 fully saturated rings. The average Bonchev–Trinajstić information content (AvgIpc) is 3.70. The van der Waals surface area contributed by atoms with Crippen LogP contribution < -0.4 is 0 Å². The summed E-state index contributed by atoms with van der Waals surface area (Å²) in [4.78, 5) is 15.3. The molecular formula is C38H26N4O. The first-order valence-corrected chi connectivity index (χ1v) is 14.6. The van der Waals surface area contributed by atoms with Crippen molar-refractivity contribution < 1.29 is 4.42 Å². The van der Waals surface area contributed by atoms with Crippen molar-refractivity contribution in [2.24, 2.45) is 0 Å². The zero-order chi connectivity index (χ0) is 28.7. The molecule has 1 aliphatic rings. The normalized spacial score (nSPS) is 13.5. The molecule has 0 saturated carbocycles. The Bertz CT molecular complexity index is 2380. The first-order chi connectivity index (χ1) is 21.1. The van der Waals surface area contributed by atoms with Crippen LogP contribution in [-0.2, 0) is 5.41 Å². The molecule has 0 saturated heterocycles. The van der Waals surface area contributed by atoms with Gasteiger partial charge in [0.05, 0.1) is 22.1 Å². The number of para-hydroxylation sites is 4. The Morgan fingerprint density at radius 3 is 2.30 bits per heavy atom. The summed E-state index contributed by atoms with van der Waals surface area (Å²) in [5.74, 6) is 1.74. The molecule has 4 heterocycles. The fourth-order valence-corrected chi connectivity index (χ4v) is 6.65. The molecule has 3 aromatic heterocycles. The van der Waals surface area contributed by atoms with Gasteiger partial charge in [-0.2, -0.15) is 0 Å². The molecule has 9 rings (SSSR count). The van der Waals surface area contributed by atoms with Crippen LogP contribution in [0, 0.1) is 0 Å². The maximum atomic E-state index is 6.32. The molecule has 5 heteroatoms. The van der Waals surface area contributed by atoms with Gasteiger partial charge in [-0.25, -0.2) is 15.0 Å². The van der Waals surface area contributed by atoms with Crippen LogP contribution in [0.1, 0.15) is 25.2 Å². The predicted molar refractivity (Wildman–Crippen MR) is 172 cm³/mol. The zero-order valence-electron chi connectivity index (χ0n) is 23.7. The highest BCUT2D eigenvalue weighted by Crippen LogP contribution is 2.48. The van der Waals surface area contributed by atoms with E-state index in [-0.39, 0.29) is 5.41 Å². The molecule has 0 amide bonds. The second-order valence-corrected chi connectivity index (χ2v) is 11.7. The van der Waals surface area contributed by atoms with E-state index in [2.05, 4.69) is 103 Å². The standard InChI is InChI=1S/C38H26N4O/c1-38(2)28-18-11-17-26(34(28)42-30-20-8-7-19-29(30)39-37(38)42)24-14-10-15-25(22-24)36-40-32(23-12-4-3-5-13-23)35-33(41-36)27-16-6-9-21-31(27)43-35/h3-22H,1-2H3. The van der Waals surface area contributed by atoms with Crippen LogP contribution in [0.2, 0.25) is 0 Å². The fourth-order valence-electron chi connectivity index (χ4n) is 6.65. The van der Waals surface area contributed by atoms with E-state index in [1.54, 1.807) is 0 Å². The van der Waals surface area contributed by atoms with Gasteiger partial charge < -0.3 is 4.42 Å². The monoisotopic (exact) mass is 554 g/mol. The van der Waals surface area contributed by atoms with Crippen molar-refractivity contribution in [1.29, 1.82) is 0 Å². The van der Waals surface area contributed by atoms with Crippen LogP contribution in [0.3, 0.4) is 0 Å². The van der Waals surface area contributed by atoms with E-state index in [4.69, 9.17) is 19.4 Å². The van der Waals surface area contributed by atoms with Gasteiger partial charge in [-0.15, -0.1) is 0 Å². The molecule has 0 bridgehead atoms. The molecule has 5 aromatic carbocycles. The van der Waals surface area contributed by atoms with Gasteiger partial charge in [0, 0.05) is 22.1 Å². The van der Waals surface area contributed by atoms with E-state index in [0.29, 0.717) is 11.4 Å². The van der Waals surface area contributed by atoms with Crippen molar-refractivity contribution in [2.75, 3.05) is 0 Å². The first-order valence-electron chi connectivity index (χ1n) is 14.6. The van der Waals surface area contributed by atoms with Crippen LogP contribution in [0.4, 0.5) is 0 Å². The third-order valence-corrected chi connectivity index (χ3v) is 8.75. The lowest BCUT2D eigenvalue weighted by molar-refractivity contribution is 0.621. The summed E-state index contributed by atoms with van der Waals surface area (Å²) in [6.07, 6.45) is 0. The summed E-state index contributed by atoms with van der Waals surface area (Å²) < 4.78 is 8.67. The number of aromatic nitrogens is 4. The molecule has 43 heavy (non-hydrogen) atoms. The van der Waals surface area contributed by atoms with E-state index in [1.807, 2.05) is 36.4 Å². The van der Waals surface area contributed by atoms with Crippen LogP contribution >= 0.6 is 0 Å². The van der Waals surface area contributed by atoms with Crippen LogP contribution in [0.25, 0.3) is 72.6 Å². The molecule has 0 aliphatic carbocycles. The summed E-state index contributed by atoms with van der Waals surface area (Å²) in [5.41, 5.74) is 11.7. The quantitative estimate of drug-likeness (QED) is 0.218. The van der Waals surface area contributed by atoms with Gasteiger partial charge in [0.25, 0.3) is 0 Å². The van der Waals surface area contributed by atoms with Crippen molar-refractivity contribution in [3.8, 4) is 39.5 Å². The third-order valence-electron chi connectivity index (χ3n) is 8.75. The molecule has 0 unspecified atom stereocenters. The fraction of sp³-hybridized carbons (Fsp3) is 0.0789. The van der Waals surface area contributed by atoms with Gasteiger partial charge in [-0.3, -0.25) is 4.57 Å². The van der Waals surface area contributed by atoms with Crippen molar-refractivity contribution in [2.45, 2.75) is 19.3 Å². The average molecular weight is 555 g/mol. The first kappa shape index (κ1) is 24.1. The Kier molecular flexibility index (Phi) is 4.89. The van der Waals surface area contributed by atoms with E-state index >= 15 is 0 Å². The van der Waals surface area contributed by atoms with Gasteiger partial charge >= 0.3 is 0 Å². The summed E-state index contributed by atoms with van der Waals surface area (Å²) in [7, 11) is 0. The number of furan rings is 1. The lowest BCUT2D eigenvalue weighted by atomic mass is 9.84. The van der Waals surface area contributed by atoms with Gasteiger partial charge in [0.2, 0.25) is 0 Å². The van der Waals surface area contributed by atoms with Crippen LogP contribution in [0.5, 0.6) is 0 Å². The second kappa shape index (κ2) is 8.73. The van der Waals surface area contributed by atoms with Gasteiger partial charge in [-0.05, 0) is 55.3 Å². The van der Waals surface area contributed by atoms with Gasteiger partial charge in [0.15, 0.2) is 11.4 Å². The minimum atomic E-state index is -0.219. The number of nitrogens with zero attached hydrogens (tertiary/aromatic N) is 4. The highest BCUT2D eigenvalue weighted by Gasteiger charge is 2.40. The molecule has 0 N–H and O–H groups in total. The summed E-state index contributed by atoms with van der Waals surface area (Å²) in [5, 5.41) is 0.983. The number of imidazole rings is 1. The van der Waals surface area contributed by atoms with Crippen molar-refractivity contribution in [3.05, 3.63) is 133 Å². The lowest BCUT2D eigenvalue weighted by Crippen LogP contribution is -2.16. The maximum absolute atomic E-state index is 6.32. The minimum Gasteiger partial charge on any atom is -0.452 e.